The monoisotopic (exact) mass is 267 g/mol. The van der Waals surface area contributed by atoms with E-state index in [0.717, 1.165) is 22.9 Å². The van der Waals surface area contributed by atoms with Gasteiger partial charge in [0, 0.05) is 6.20 Å². The lowest BCUT2D eigenvalue weighted by Crippen LogP contribution is -2.07. The van der Waals surface area contributed by atoms with Gasteiger partial charge in [0.05, 0.1) is 11.6 Å². The molecule has 2 aromatic rings. The van der Waals surface area contributed by atoms with Crippen LogP contribution in [0.25, 0.3) is 0 Å². The largest absolute Gasteiger partial charge is 0.454 e. The third-order valence-electron chi connectivity index (χ3n) is 3.15. The summed E-state index contributed by atoms with van der Waals surface area (Å²) in [6.45, 7) is 2.31. The number of anilines is 1. The Kier molecular flexibility index (Phi) is 3.13. The summed E-state index contributed by atoms with van der Waals surface area (Å²) in [7, 11) is 0. The number of rotatable bonds is 3. The number of hydrogen-bond acceptors (Lipinski definition) is 5. The third-order valence-corrected chi connectivity index (χ3v) is 3.15. The Morgan fingerprint density at radius 1 is 1.25 bits per heavy atom. The number of nitriles is 1. The van der Waals surface area contributed by atoms with Gasteiger partial charge in [0.25, 0.3) is 0 Å². The van der Waals surface area contributed by atoms with Crippen molar-refractivity contribution < 1.29 is 9.47 Å². The maximum atomic E-state index is 8.74. The summed E-state index contributed by atoms with van der Waals surface area (Å²) < 4.78 is 10.7. The lowest BCUT2D eigenvalue weighted by atomic mass is 10.1. The molecular weight excluding hydrogens is 254 g/mol. The molecule has 20 heavy (non-hydrogen) atoms. The molecule has 0 radical (unpaired) electrons. The van der Waals surface area contributed by atoms with Gasteiger partial charge >= 0.3 is 0 Å². The van der Waals surface area contributed by atoms with Crippen LogP contribution in [0.5, 0.6) is 11.5 Å². The third kappa shape index (κ3) is 2.36. The summed E-state index contributed by atoms with van der Waals surface area (Å²) in [6.07, 6.45) is 1.55. The van der Waals surface area contributed by atoms with E-state index in [0.29, 0.717) is 5.56 Å². The fraction of sp³-hybridized carbons (Fsp3) is 0.200. The maximum Gasteiger partial charge on any atom is 0.231 e. The topological polar surface area (TPSA) is 67.2 Å². The predicted octanol–water partition coefficient (Wildman–Crippen LogP) is 2.86. The standard InChI is InChI=1S/C15H13N3O2/c1-10(18-15-5-2-11(7-16)8-17-15)12-3-4-13-14(6-12)20-9-19-13/h2-6,8,10H,9H2,1H3,(H,17,18). The first kappa shape index (κ1) is 12.3. The van der Waals surface area contributed by atoms with Crippen LogP contribution in [0.2, 0.25) is 0 Å². The van der Waals surface area contributed by atoms with E-state index in [1.807, 2.05) is 31.2 Å². The lowest BCUT2D eigenvalue weighted by molar-refractivity contribution is 0.174. The van der Waals surface area contributed by atoms with Crippen molar-refractivity contribution in [3.05, 3.63) is 47.7 Å². The fourth-order valence-electron chi connectivity index (χ4n) is 2.03. The zero-order valence-corrected chi connectivity index (χ0v) is 11.0. The fourth-order valence-corrected chi connectivity index (χ4v) is 2.03. The summed E-state index contributed by atoms with van der Waals surface area (Å²) in [5.41, 5.74) is 1.63. The minimum atomic E-state index is 0.0740. The summed E-state index contributed by atoms with van der Waals surface area (Å²) >= 11 is 0. The molecule has 1 unspecified atom stereocenters. The van der Waals surface area contributed by atoms with Gasteiger partial charge in [0.2, 0.25) is 6.79 Å². The average molecular weight is 267 g/mol. The molecule has 1 atom stereocenters. The molecular formula is C15H13N3O2. The molecule has 0 bridgehead atoms. The number of nitrogens with one attached hydrogen (secondary N) is 1. The maximum absolute atomic E-state index is 8.74. The molecule has 1 aromatic heterocycles. The molecule has 0 saturated heterocycles. The number of ether oxygens (including phenoxy) is 2. The van der Waals surface area contributed by atoms with E-state index in [-0.39, 0.29) is 12.8 Å². The SMILES string of the molecule is CC(Nc1ccc(C#N)cn1)c1ccc2c(c1)OCO2. The van der Waals surface area contributed by atoms with E-state index in [9.17, 15) is 0 Å². The second-order valence-corrected chi connectivity index (χ2v) is 4.52. The van der Waals surface area contributed by atoms with Crippen LogP contribution in [0, 0.1) is 11.3 Å². The van der Waals surface area contributed by atoms with Crippen LogP contribution in [-0.4, -0.2) is 11.8 Å². The molecule has 0 saturated carbocycles. The van der Waals surface area contributed by atoms with Crippen LogP contribution in [0.15, 0.2) is 36.5 Å². The van der Waals surface area contributed by atoms with Gasteiger partial charge in [0.1, 0.15) is 11.9 Å². The van der Waals surface area contributed by atoms with E-state index in [2.05, 4.69) is 10.3 Å². The Morgan fingerprint density at radius 2 is 2.10 bits per heavy atom. The minimum absolute atomic E-state index is 0.0740. The van der Waals surface area contributed by atoms with Crippen LogP contribution >= 0.6 is 0 Å². The summed E-state index contributed by atoms with van der Waals surface area (Å²) in [5.74, 6) is 2.27. The van der Waals surface area contributed by atoms with Gasteiger partial charge in [-0.1, -0.05) is 6.07 Å². The molecule has 0 spiro atoms. The molecule has 2 heterocycles. The Hall–Kier alpha value is -2.74. The second-order valence-electron chi connectivity index (χ2n) is 4.52. The van der Waals surface area contributed by atoms with Crippen LogP contribution in [0.1, 0.15) is 24.1 Å². The summed E-state index contributed by atoms with van der Waals surface area (Å²) in [6, 6.07) is 11.5. The highest BCUT2D eigenvalue weighted by Crippen LogP contribution is 2.34. The molecule has 1 aliphatic heterocycles. The first-order valence-electron chi connectivity index (χ1n) is 6.28. The predicted molar refractivity (Wildman–Crippen MR) is 73.6 cm³/mol. The van der Waals surface area contributed by atoms with Gasteiger partial charge in [-0.2, -0.15) is 5.26 Å². The molecule has 0 aliphatic carbocycles. The number of pyridine rings is 1. The van der Waals surface area contributed by atoms with E-state index in [1.54, 1.807) is 18.3 Å². The highest BCUT2D eigenvalue weighted by molar-refractivity contribution is 5.47. The van der Waals surface area contributed by atoms with Crippen LogP contribution < -0.4 is 14.8 Å². The zero-order chi connectivity index (χ0) is 13.9. The first-order valence-corrected chi connectivity index (χ1v) is 6.28. The minimum Gasteiger partial charge on any atom is -0.454 e. The van der Waals surface area contributed by atoms with Crippen LogP contribution in [-0.2, 0) is 0 Å². The molecule has 5 nitrogen and oxygen atoms in total. The Labute approximate surface area is 116 Å². The van der Waals surface area contributed by atoms with Crippen LogP contribution in [0.3, 0.4) is 0 Å². The number of fused-ring (bicyclic) bond motifs is 1. The Balaban J connectivity index is 1.75. The van der Waals surface area contributed by atoms with Crippen molar-refractivity contribution in [1.82, 2.24) is 4.98 Å². The van der Waals surface area contributed by atoms with Crippen LogP contribution in [0.4, 0.5) is 5.82 Å². The van der Waals surface area contributed by atoms with E-state index >= 15 is 0 Å². The summed E-state index contributed by atoms with van der Waals surface area (Å²) in [5, 5.41) is 12.0. The Morgan fingerprint density at radius 3 is 2.85 bits per heavy atom. The normalized spacial score (nSPS) is 13.6. The van der Waals surface area contributed by atoms with Crippen molar-refractivity contribution >= 4 is 5.82 Å². The molecule has 0 amide bonds. The van der Waals surface area contributed by atoms with Crippen molar-refractivity contribution in [1.29, 1.82) is 5.26 Å². The molecule has 3 rings (SSSR count). The molecule has 0 fully saturated rings. The van der Waals surface area contributed by atoms with Gasteiger partial charge in [-0.3, -0.25) is 0 Å². The van der Waals surface area contributed by atoms with Crippen molar-refractivity contribution in [3.8, 4) is 17.6 Å². The molecule has 5 heteroatoms. The molecule has 100 valence electrons. The lowest BCUT2D eigenvalue weighted by Gasteiger charge is -2.15. The average Bonchev–Trinajstić information content (AvgIpc) is 2.95. The van der Waals surface area contributed by atoms with Gasteiger partial charge in [-0.25, -0.2) is 4.98 Å². The molecule has 1 N–H and O–H groups in total. The Bertz CT molecular complexity index is 662. The number of aromatic nitrogens is 1. The van der Waals surface area contributed by atoms with Gasteiger partial charge < -0.3 is 14.8 Å². The van der Waals surface area contributed by atoms with Gasteiger partial charge in [-0.15, -0.1) is 0 Å². The second kappa shape index (κ2) is 5.10. The molecule has 1 aromatic carbocycles. The van der Waals surface area contributed by atoms with E-state index in [1.165, 1.54) is 0 Å². The number of benzene rings is 1. The summed E-state index contributed by atoms with van der Waals surface area (Å²) in [4.78, 5) is 4.20. The highest BCUT2D eigenvalue weighted by Gasteiger charge is 2.15. The van der Waals surface area contributed by atoms with Crippen molar-refractivity contribution in [2.45, 2.75) is 13.0 Å². The highest BCUT2D eigenvalue weighted by atomic mass is 16.7. The smallest absolute Gasteiger partial charge is 0.231 e. The van der Waals surface area contributed by atoms with E-state index < -0.39 is 0 Å². The quantitative estimate of drug-likeness (QED) is 0.926. The van der Waals surface area contributed by atoms with Gasteiger partial charge in [0.15, 0.2) is 11.5 Å². The number of hydrogen-bond donors (Lipinski definition) is 1. The number of nitrogens with zero attached hydrogens (tertiary/aromatic N) is 2. The van der Waals surface area contributed by atoms with Gasteiger partial charge in [-0.05, 0) is 36.8 Å². The zero-order valence-electron chi connectivity index (χ0n) is 11.0. The van der Waals surface area contributed by atoms with Crippen molar-refractivity contribution in [3.63, 3.8) is 0 Å². The van der Waals surface area contributed by atoms with E-state index in [4.69, 9.17) is 14.7 Å². The van der Waals surface area contributed by atoms with Crippen molar-refractivity contribution in [2.24, 2.45) is 0 Å². The molecule has 1 aliphatic rings. The first-order chi connectivity index (χ1) is 9.76. The van der Waals surface area contributed by atoms with Crippen molar-refractivity contribution in [2.75, 3.05) is 12.1 Å².